The zero-order chi connectivity index (χ0) is 13.3. The van der Waals surface area contributed by atoms with Crippen LogP contribution in [-0.4, -0.2) is 35.4 Å². The van der Waals surface area contributed by atoms with Gasteiger partial charge in [-0.2, -0.15) is 5.10 Å². The van der Waals surface area contributed by atoms with Gasteiger partial charge in [0, 0.05) is 37.3 Å². The Morgan fingerprint density at radius 3 is 2.78 bits per heavy atom. The molecule has 0 aliphatic carbocycles. The van der Waals surface area contributed by atoms with Crippen molar-refractivity contribution in [2.75, 3.05) is 19.7 Å². The van der Waals surface area contributed by atoms with Crippen molar-refractivity contribution >= 4 is 5.97 Å². The van der Waals surface area contributed by atoms with E-state index >= 15 is 0 Å². The molecule has 2 unspecified atom stereocenters. The van der Waals surface area contributed by atoms with Crippen LogP contribution in [0.5, 0.6) is 0 Å². The fourth-order valence-electron chi connectivity index (χ4n) is 2.81. The first-order valence-corrected chi connectivity index (χ1v) is 6.43. The van der Waals surface area contributed by atoms with Crippen LogP contribution in [0, 0.1) is 19.8 Å². The third-order valence-corrected chi connectivity index (χ3v) is 3.74. The van der Waals surface area contributed by atoms with Crippen molar-refractivity contribution in [1.82, 2.24) is 15.1 Å². The summed E-state index contributed by atoms with van der Waals surface area (Å²) in [4.78, 5) is 12.0. The maximum atomic E-state index is 12.0. The van der Waals surface area contributed by atoms with Crippen molar-refractivity contribution < 1.29 is 9.53 Å². The van der Waals surface area contributed by atoms with Crippen LogP contribution in [0.15, 0.2) is 0 Å². The first-order chi connectivity index (χ1) is 8.56. The first-order valence-electron chi connectivity index (χ1n) is 6.43. The predicted molar refractivity (Wildman–Crippen MR) is 68.4 cm³/mol. The summed E-state index contributed by atoms with van der Waals surface area (Å²) in [5.41, 5.74) is 3.34. The number of aromatic nitrogens is 2. The van der Waals surface area contributed by atoms with Crippen LogP contribution in [0.2, 0.25) is 0 Å². The van der Waals surface area contributed by atoms with Crippen molar-refractivity contribution in [1.29, 1.82) is 0 Å². The average Bonchev–Trinajstić information content (AvgIpc) is 2.86. The fourth-order valence-corrected chi connectivity index (χ4v) is 2.81. The lowest BCUT2D eigenvalue weighted by molar-refractivity contribution is -0.147. The van der Waals surface area contributed by atoms with Gasteiger partial charge < -0.3 is 10.1 Å². The van der Waals surface area contributed by atoms with E-state index in [9.17, 15) is 4.79 Å². The number of ether oxygens (including phenoxy) is 1. The summed E-state index contributed by atoms with van der Waals surface area (Å²) in [6, 6.07) is 0. The number of nitrogens with zero attached hydrogens (tertiary/aromatic N) is 2. The summed E-state index contributed by atoms with van der Waals surface area (Å²) >= 11 is 0. The first kappa shape index (κ1) is 13.1. The van der Waals surface area contributed by atoms with Crippen LogP contribution >= 0.6 is 0 Å². The Morgan fingerprint density at radius 1 is 1.50 bits per heavy atom. The van der Waals surface area contributed by atoms with Gasteiger partial charge in [-0.3, -0.25) is 9.48 Å². The molecule has 2 heterocycles. The summed E-state index contributed by atoms with van der Waals surface area (Å²) in [5, 5.41) is 7.72. The Balaban J connectivity index is 2.29. The van der Waals surface area contributed by atoms with Gasteiger partial charge in [-0.05, 0) is 20.8 Å². The van der Waals surface area contributed by atoms with Crippen LogP contribution in [0.25, 0.3) is 0 Å². The molecule has 0 bridgehead atoms. The van der Waals surface area contributed by atoms with E-state index in [0.717, 1.165) is 17.9 Å². The van der Waals surface area contributed by atoms with E-state index in [4.69, 9.17) is 4.74 Å². The van der Waals surface area contributed by atoms with Crippen molar-refractivity contribution in [2.24, 2.45) is 13.0 Å². The van der Waals surface area contributed by atoms with Gasteiger partial charge >= 0.3 is 5.97 Å². The maximum absolute atomic E-state index is 12.0. The van der Waals surface area contributed by atoms with Gasteiger partial charge in [-0.15, -0.1) is 0 Å². The molecule has 0 radical (unpaired) electrons. The summed E-state index contributed by atoms with van der Waals surface area (Å²) in [5.74, 6) is -0.0144. The highest BCUT2D eigenvalue weighted by molar-refractivity contribution is 5.74. The second-order valence-corrected chi connectivity index (χ2v) is 4.83. The van der Waals surface area contributed by atoms with Gasteiger partial charge in [0.1, 0.15) is 0 Å². The van der Waals surface area contributed by atoms with Crippen LogP contribution in [0.1, 0.15) is 29.8 Å². The molecule has 1 N–H and O–H groups in total. The number of hydrogen-bond donors (Lipinski definition) is 1. The van der Waals surface area contributed by atoms with Crippen molar-refractivity contribution in [2.45, 2.75) is 26.7 Å². The van der Waals surface area contributed by atoms with E-state index in [-0.39, 0.29) is 17.8 Å². The molecule has 0 aromatic carbocycles. The molecule has 5 heteroatoms. The molecule has 1 aliphatic rings. The molecule has 1 aromatic rings. The number of nitrogens with one attached hydrogen (secondary N) is 1. The third-order valence-electron chi connectivity index (χ3n) is 3.74. The normalized spacial score (nSPS) is 23.3. The minimum atomic E-state index is -0.102. The van der Waals surface area contributed by atoms with E-state index in [0.29, 0.717) is 13.2 Å². The molecular weight excluding hydrogens is 230 g/mol. The largest absolute Gasteiger partial charge is 0.466 e. The molecule has 2 atom stereocenters. The highest BCUT2D eigenvalue weighted by Gasteiger charge is 2.37. The lowest BCUT2D eigenvalue weighted by Crippen LogP contribution is -2.24. The Morgan fingerprint density at radius 2 is 2.22 bits per heavy atom. The Labute approximate surface area is 108 Å². The molecule has 0 saturated carbocycles. The molecule has 0 spiro atoms. The van der Waals surface area contributed by atoms with Gasteiger partial charge in [-0.25, -0.2) is 0 Å². The zero-order valence-electron chi connectivity index (χ0n) is 11.5. The summed E-state index contributed by atoms with van der Waals surface area (Å²) in [6.07, 6.45) is 0. The van der Waals surface area contributed by atoms with E-state index in [2.05, 4.69) is 17.3 Å². The molecular formula is C13H21N3O2. The maximum Gasteiger partial charge on any atom is 0.310 e. The van der Waals surface area contributed by atoms with Gasteiger partial charge in [0.05, 0.1) is 18.2 Å². The number of aryl methyl sites for hydroxylation is 2. The van der Waals surface area contributed by atoms with Gasteiger partial charge in [0.25, 0.3) is 0 Å². The second-order valence-electron chi connectivity index (χ2n) is 4.83. The lowest BCUT2D eigenvalue weighted by atomic mass is 9.87. The fraction of sp³-hybridized carbons (Fsp3) is 0.692. The topological polar surface area (TPSA) is 56.1 Å². The van der Waals surface area contributed by atoms with E-state index in [1.807, 2.05) is 25.6 Å². The summed E-state index contributed by atoms with van der Waals surface area (Å²) in [6.45, 7) is 7.84. The van der Waals surface area contributed by atoms with E-state index in [1.54, 1.807) is 0 Å². The van der Waals surface area contributed by atoms with Gasteiger partial charge in [0.2, 0.25) is 0 Å². The number of rotatable bonds is 3. The molecule has 5 nitrogen and oxygen atoms in total. The third kappa shape index (κ3) is 2.14. The Hall–Kier alpha value is -1.36. The Kier molecular flexibility index (Phi) is 3.71. The van der Waals surface area contributed by atoms with Crippen LogP contribution in [-0.2, 0) is 16.6 Å². The number of hydrogen-bond acceptors (Lipinski definition) is 4. The highest BCUT2D eigenvalue weighted by Crippen LogP contribution is 2.33. The van der Waals surface area contributed by atoms with Crippen molar-refractivity contribution in [3.63, 3.8) is 0 Å². The molecule has 1 aromatic heterocycles. The number of esters is 1. The lowest BCUT2D eigenvalue weighted by Gasteiger charge is -2.17. The van der Waals surface area contributed by atoms with Crippen LogP contribution < -0.4 is 5.32 Å². The van der Waals surface area contributed by atoms with Crippen LogP contribution in [0.3, 0.4) is 0 Å². The molecule has 1 aliphatic heterocycles. The minimum Gasteiger partial charge on any atom is -0.466 e. The predicted octanol–water partition coefficient (Wildman–Crippen LogP) is 0.903. The molecule has 100 valence electrons. The molecule has 2 rings (SSSR count). The SMILES string of the molecule is CCOC(=O)C1CNCC1c1c(C)nn(C)c1C. The molecule has 1 saturated heterocycles. The Bertz CT molecular complexity index is 453. The van der Waals surface area contributed by atoms with E-state index < -0.39 is 0 Å². The van der Waals surface area contributed by atoms with E-state index in [1.165, 1.54) is 5.56 Å². The molecule has 18 heavy (non-hydrogen) atoms. The number of carbonyl (C=O) groups excluding carboxylic acids is 1. The molecule has 0 amide bonds. The summed E-state index contributed by atoms with van der Waals surface area (Å²) in [7, 11) is 1.94. The molecule has 1 fully saturated rings. The average molecular weight is 251 g/mol. The quantitative estimate of drug-likeness (QED) is 0.811. The highest BCUT2D eigenvalue weighted by atomic mass is 16.5. The van der Waals surface area contributed by atoms with Crippen LogP contribution in [0.4, 0.5) is 0 Å². The zero-order valence-corrected chi connectivity index (χ0v) is 11.5. The minimum absolute atomic E-state index is 0.0912. The van der Waals surface area contributed by atoms with Gasteiger partial charge in [-0.1, -0.05) is 0 Å². The number of carbonyl (C=O) groups is 1. The smallest absolute Gasteiger partial charge is 0.310 e. The summed E-state index contributed by atoms with van der Waals surface area (Å²) < 4.78 is 7.04. The van der Waals surface area contributed by atoms with Gasteiger partial charge in [0.15, 0.2) is 0 Å². The van der Waals surface area contributed by atoms with Crippen molar-refractivity contribution in [3.8, 4) is 0 Å². The second kappa shape index (κ2) is 5.10. The van der Waals surface area contributed by atoms with Crippen molar-refractivity contribution in [3.05, 3.63) is 17.0 Å². The monoisotopic (exact) mass is 251 g/mol. The standard InChI is InChI=1S/C13H21N3O2/c1-5-18-13(17)11-7-14-6-10(11)12-8(2)15-16(4)9(12)3/h10-11,14H,5-7H2,1-4H3.